The van der Waals surface area contributed by atoms with Crippen molar-refractivity contribution in [2.45, 2.75) is 6.04 Å². The molecule has 4 nitrogen and oxygen atoms in total. The molecular weight excluding hydrogens is 202 g/mol. The standard InChI is InChI=1S/C9H13NO3S/c1-14(12,13)6-9(10)7-3-2-4-8(11)5-7/h2-5,9,11H,6,10H2,1H3/t9-/m0/s1. The van der Waals surface area contributed by atoms with Gasteiger partial charge in [0.15, 0.2) is 0 Å². The van der Waals surface area contributed by atoms with Crippen molar-refractivity contribution in [1.29, 1.82) is 0 Å². The molecule has 0 aliphatic heterocycles. The maximum absolute atomic E-state index is 11.0. The fraction of sp³-hybridized carbons (Fsp3) is 0.333. The minimum atomic E-state index is -3.09. The molecule has 0 fully saturated rings. The fourth-order valence-corrected chi connectivity index (χ4v) is 2.02. The lowest BCUT2D eigenvalue weighted by atomic mass is 10.1. The van der Waals surface area contributed by atoms with Gasteiger partial charge in [-0.1, -0.05) is 12.1 Å². The van der Waals surface area contributed by atoms with E-state index < -0.39 is 15.9 Å². The number of nitrogens with two attached hydrogens (primary N) is 1. The molecule has 0 saturated heterocycles. The molecule has 0 unspecified atom stereocenters. The van der Waals surface area contributed by atoms with Gasteiger partial charge in [0, 0.05) is 12.3 Å². The predicted molar refractivity (Wildman–Crippen MR) is 54.7 cm³/mol. The first kappa shape index (κ1) is 11.0. The third-order valence-corrected chi connectivity index (χ3v) is 2.75. The SMILES string of the molecule is CS(=O)(=O)C[C@H](N)c1cccc(O)c1. The van der Waals surface area contributed by atoms with Gasteiger partial charge in [0.1, 0.15) is 15.6 Å². The number of rotatable bonds is 3. The normalized spacial score (nSPS) is 13.9. The molecule has 0 aliphatic rings. The summed E-state index contributed by atoms with van der Waals surface area (Å²) in [5.74, 6) is -0.0253. The fourth-order valence-electron chi connectivity index (χ4n) is 1.18. The smallest absolute Gasteiger partial charge is 0.149 e. The lowest BCUT2D eigenvalue weighted by Crippen LogP contribution is -2.20. The number of hydrogen-bond acceptors (Lipinski definition) is 4. The van der Waals surface area contributed by atoms with Crippen LogP contribution in [0.3, 0.4) is 0 Å². The Morgan fingerprint density at radius 3 is 2.64 bits per heavy atom. The van der Waals surface area contributed by atoms with E-state index in [2.05, 4.69) is 0 Å². The number of phenolic OH excluding ortho intramolecular Hbond substituents is 1. The van der Waals surface area contributed by atoms with Crippen LogP contribution in [0, 0.1) is 0 Å². The quantitative estimate of drug-likeness (QED) is 0.766. The van der Waals surface area contributed by atoms with E-state index in [-0.39, 0.29) is 11.5 Å². The molecule has 5 heteroatoms. The molecule has 1 aromatic carbocycles. The summed E-state index contributed by atoms with van der Waals surface area (Å²) >= 11 is 0. The first-order valence-corrected chi connectivity index (χ1v) is 6.17. The Kier molecular flexibility index (Phi) is 3.13. The summed E-state index contributed by atoms with van der Waals surface area (Å²) < 4.78 is 21.9. The van der Waals surface area contributed by atoms with Crippen molar-refractivity contribution in [3.05, 3.63) is 29.8 Å². The van der Waals surface area contributed by atoms with E-state index in [1.165, 1.54) is 12.1 Å². The van der Waals surface area contributed by atoms with Gasteiger partial charge in [-0.2, -0.15) is 0 Å². The molecule has 1 aromatic rings. The zero-order valence-corrected chi connectivity index (χ0v) is 8.66. The van der Waals surface area contributed by atoms with Gasteiger partial charge in [0.25, 0.3) is 0 Å². The van der Waals surface area contributed by atoms with Gasteiger partial charge in [-0.05, 0) is 17.7 Å². The van der Waals surface area contributed by atoms with Crippen LogP contribution in [-0.2, 0) is 9.84 Å². The van der Waals surface area contributed by atoms with Gasteiger partial charge in [0.05, 0.1) is 5.75 Å². The number of benzene rings is 1. The Bertz CT molecular complexity index is 414. The molecule has 14 heavy (non-hydrogen) atoms. The van der Waals surface area contributed by atoms with Crippen molar-refractivity contribution in [2.75, 3.05) is 12.0 Å². The van der Waals surface area contributed by atoms with E-state index >= 15 is 0 Å². The van der Waals surface area contributed by atoms with Gasteiger partial charge < -0.3 is 10.8 Å². The summed E-state index contributed by atoms with van der Waals surface area (Å²) in [5, 5.41) is 9.16. The molecule has 1 atom stereocenters. The monoisotopic (exact) mass is 215 g/mol. The molecule has 0 spiro atoms. The van der Waals surface area contributed by atoms with E-state index in [9.17, 15) is 8.42 Å². The highest BCUT2D eigenvalue weighted by atomic mass is 32.2. The third-order valence-electron chi connectivity index (χ3n) is 1.78. The lowest BCUT2D eigenvalue weighted by molar-refractivity contribution is 0.474. The molecule has 0 bridgehead atoms. The molecule has 1 rings (SSSR count). The second kappa shape index (κ2) is 3.98. The van der Waals surface area contributed by atoms with E-state index in [1.807, 2.05) is 0 Å². The predicted octanol–water partition coefficient (Wildman–Crippen LogP) is 0.437. The van der Waals surface area contributed by atoms with Crippen molar-refractivity contribution in [3.63, 3.8) is 0 Å². The Balaban J connectivity index is 2.85. The number of sulfone groups is 1. The summed E-state index contributed by atoms with van der Waals surface area (Å²) in [4.78, 5) is 0. The summed E-state index contributed by atoms with van der Waals surface area (Å²) in [7, 11) is -3.09. The topological polar surface area (TPSA) is 80.4 Å². The molecular formula is C9H13NO3S. The molecule has 3 N–H and O–H groups in total. The molecule has 0 saturated carbocycles. The van der Waals surface area contributed by atoms with Crippen LogP contribution in [0.4, 0.5) is 0 Å². The zero-order chi connectivity index (χ0) is 10.8. The largest absolute Gasteiger partial charge is 0.508 e. The van der Waals surface area contributed by atoms with Crippen LogP contribution in [-0.4, -0.2) is 25.5 Å². The van der Waals surface area contributed by atoms with Crippen molar-refractivity contribution in [2.24, 2.45) is 5.73 Å². The van der Waals surface area contributed by atoms with Gasteiger partial charge in [-0.3, -0.25) is 0 Å². The van der Waals surface area contributed by atoms with Crippen molar-refractivity contribution in [1.82, 2.24) is 0 Å². The van der Waals surface area contributed by atoms with E-state index in [1.54, 1.807) is 12.1 Å². The highest BCUT2D eigenvalue weighted by Crippen LogP contribution is 2.17. The Hall–Kier alpha value is -1.07. The number of aromatic hydroxyl groups is 1. The second-order valence-corrected chi connectivity index (χ2v) is 5.48. The van der Waals surface area contributed by atoms with Crippen LogP contribution in [0.2, 0.25) is 0 Å². The van der Waals surface area contributed by atoms with Gasteiger partial charge >= 0.3 is 0 Å². The van der Waals surface area contributed by atoms with Crippen LogP contribution >= 0.6 is 0 Å². The summed E-state index contributed by atoms with van der Waals surface area (Å²) in [6.45, 7) is 0. The number of hydrogen-bond donors (Lipinski definition) is 2. The minimum Gasteiger partial charge on any atom is -0.508 e. The summed E-state index contributed by atoms with van der Waals surface area (Å²) in [6, 6.07) is 5.71. The van der Waals surface area contributed by atoms with Crippen LogP contribution in [0.15, 0.2) is 24.3 Å². The van der Waals surface area contributed by atoms with Gasteiger partial charge in [-0.25, -0.2) is 8.42 Å². The summed E-state index contributed by atoms with van der Waals surface area (Å²) in [5.41, 5.74) is 6.28. The minimum absolute atomic E-state index is 0.0893. The Morgan fingerprint density at radius 1 is 1.50 bits per heavy atom. The molecule has 0 amide bonds. The van der Waals surface area contributed by atoms with E-state index in [0.717, 1.165) is 6.26 Å². The molecule has 0 aromatic heterocycles. The van der Waals surface area contributed by atoms with Crippen LogP contribution in [0.25, 0.3) is 0 Å². The highest BCUT2D eigenvalue weighted by Gasteiger charge is 2.12. The first-order valence-electron chi connectivity index (χ1n) is 4.11. The Labute approximate surface area is 83.3 Å². The summed E-state index contributed by atoms with van der Waals surface area (Å²) in [6.07, 6.45) is 1.13. The van der Waals surface area contributed by atoms with Crippen LogP contribution in [0.1, 0.15) is 11.6 Å². The van der Waals surface area contributed by atoms with E-state index in [0.29, 0.717) is 5.56 Å². The van der Waals surface area contributed by atoms with Crippen LogP contribution < -0.4 is 5.73 Å². The molecule has 78 valence electrons. The Morgan fingerprint density at radius 2 is 2.14 bits per heavy atom. The van der Waals surface area contributed by atoms with E-state index in [4.69, 9.17) is 10.8 Å². The maximum Gasteiger partial charge on any atom is 0.149 e. The lowest BCUT2D eigenvalue weighted by Gasteiger charge is -2.10. The van der Waals surface area contributed by atoms with Crippen molar-refractivity contribution >= 4 is 9.84 Å². The average molecular weight is 215 g/mol. The molecule has 0 heterocycles. The average Bonchev–Trinajstić information content (AvgIpc) is 2.01. The maximum atomic E-state index is 11.0. The van der Waals surface area contributed by atoms with Gasteiger partial charge in [-0.15, -0.1) is 0 Å². The molecule has 0 aliphatic carbocycles. The zero-order valence-electron chi connectivity index (χ0n) is 7.84. The van der Waals surface area contributed by atoms with Gasteiger partial charge in [0.2, 0.25) is 0 Å². The molecule has 0 radical (unpaired) electrons. The van der Waals surface area contributed by atoms with Crippen LogP contribution in [0.5, 0.6) is 5.75 Å². The number of phenols is 1. The van der Waals surface area contributed by atoms with Crippen molar-refractivity contribution < 1.29 is 13.5 Å². The second-order valence-electron chi connectivity index (χ2n) is 3.29. The van der Waals surface area contributed by atoms with Crippen molar-refractivity contribution in [3.8, 4) is 5.75 Å². The first-order chi connectivity index (χ1) is 6.38. The highest BCUT2D eigenvalue weighted by molar-refractivity contribution is 7.90. The third kappa shape index (κ3) is 3.35.